The fourth-order valence-electron chi connectivity index (χ4n) is 4.01. The molecule has 0 N–H and O–H groups in total. The van der Waals surface area contributed by atoms with E-state index >= 15 is 0 Å². The lowest BCUT2D eigenvalue weighted by atomic mass is 10.1. The largest absolute Gasteiger partial charge is 0.485 e. The van der Waals surface area contributed by atoms with Crippen LogP contribution >= 0.6 is 0 Å². The maximum atomic E-state index is 13.0. The molecule has 4 aromatic carbocycles. The lowest BCUT2D eigenvalue weighted by Crippen LogP contribution is -2.31. The van der Waals surface area contributed by atoms with Gasteiger partial charge >= 0.3 is 11.9 Å². The second-order valence-corrected chi connectivity index (χ2v) is 9.36. The highest BCUT2D eigenvalue weighted by molar-refractivity contribution is 5.79. The highest BCUT2D eigenvalue weighted by atomic mass is 16.6. The number of hydrogen-bond donors (Lipinski definition) is 0. The first-order valence-electron chi connectivity index (χ1n) is 13.5. The van der Waals surface area contributed by atoms with Crippen LogP contribution in [-0.2, 0) is 45.3 Å². The second kappa shape index (κ2) is 15.1. The van der Waals surface area contributed by atoms with Crippen LogP contribution in [0.2, 0.25) is 0 Å². The predicted octanol–water partition coefficient (Wildman–Crippen LogP) is 6.84. The molecule has 0 bridgehead atoms. The maximum absolute atomic E-state index is 13.0. The van der Waals surface area contributed by atoms with Gasteiger partial charge in [0.1, 0.15) is 19.8 Å². The van der Waals surface area contributed by atoms with Crippen molar-refractivity contribution in [2.24, 2.45) is 0 Å². The molecule has 0 aliphatic heterocycles. The van der Waals surface area contributed by atoms with Gasteiger partial charge in [0.15, 0.2) is 11.5 Å². The Morgan fingerprint density at radius 1 is 0.625 bits per heavy atom. The molecule has 206 valence electrons. The van der Waals surface area contributed by atoms with Crippen molar-refractivity contribution in [3.63, 3.8) is 0 Å². The third-order valence-electron chi connectivity index (χ3n) is 6.12. The van der Waals surface area contributed by atoms with E-state index in [2.05, 4.69) is 0 Å². The van der Waals surface area contributed by atoms with E-state index in [0.717, 1.165) is 22.3 Å². The van der Waals surface area contributed by atoms with Crippen molar-refractivity contribution in [2.75, 3.05) is 0 Å². The average Bonchev–Trinajstić information content (AvgIpc) is 2.99. The van der Waals surface area contributed by atoms with E-state index in [-0.39, 0.29) is 19.4 Å². The van der Waals surface area contributed by atoms with Crippen LogP contribution in [0, 0.1) is 0 Å². The number of hydrogen-bond acceptors (Lipinski definition) is 6. The lowest BCUT2D eigenvalue weighted by Gasteiger charge is -2.19. The summed E-state index contributed by atoms with van der Waals surface area (Å²) in [5, 5.41) is 0. The van der Waals surface area contributed by atoms with Crippen molar-refractivity contribution in [1.82, 2.24) is 0 Å². The van der Waals surface area contributed by atoms with Crippen LogP contribution in [0.25, 0.3) is 0 Å². The third kappa shape index (κ3) is 9.02. The van der Waals surface area contributed by atoms with E-state index in [1.54, 1.807) is 0 Å². The number of esters is 2. The van der Waals surface area contributed by atoms with Crippen LogP contribution < -0.4 is 9.47 Å². The Balaban J connectivity index is 1.51. The van der Waals surface area contributed by atoms with Crippen molar-refractivity contribution >= 4 is 11.9 Å². The van der Waals surface area contributed by atoms with Crippen LogP contribution in [-0.4, -0.2) is 18.0 Å². The maximum Gasteiger partial charge on any atom is 0.348 e. The van der Waals surface area contributed by atoms with E-state index in [4.69, 9.17) is 18.9 Å². The van der Waals surface area contributed by atoms with Gasteiger partial charge in [-0.1, -0.05) is 104 Å². The molecule has 0 saturated carbocycles. The van der Waals surface area contributed by atoms with E-state index in [9.17, 15) is 9.59 Å². The number of carbonyl (C=O) groups excluding carboxylic acids is 2. The molecule has 0 heterocycles. The van der Waals surface area contributed by atoms with Gasteiger partial charge in [-0.15, -0.1) is 0 Å². The molecule has 1 atom stereocenters. The summed E-state index contributed by atoms with van der Waals surface area (Å²) in [4.78, 5) is 25.4. The lowest BCUT2D eigenvalue weighted by molar-refractivity contribution is -0.168. The molecule has 0 aromatic heterocycles. The number of benzene rings is 4. The van der Waals surface area contributed by atoms with Gasteiger partial charge in [0.25, 0.3) is 0 Å². The van der Waals surface area contributed by atoms with Gasteiger partial charge in [-0.25, -0.2) is 4.79 Å². The molecule has 0 radical (unpaired) electrons. The van der Waals surface area contributed by atoms with Gasteiger partial charge < -0.3 is 18.9 Å². The first-order chi connectivity index (χ1) is 19.6. The molecule has 6 heteroatoms. The highest BCUT2D eigenvalue weighted by Gasteiger charge is 2.25. The van der Waals surface area contributed by atoms with E-state index in [1.165, 1.54) is 0 Å². The summed E-state index contributed by atoms with van der Waals surface area (Å²) >= 11 is 0. The topological polar surface area (TPSA) is 71.1 Å². The quantitative estimate of drug-likeness (QED) is 0.164. The Morgan fingerprint density at radius 3 is 1.70 bits per heavy atom. The second-order valence-electron chi connectivity index (χ2n) is 9.36. The average molecular weight is 539 g/mol. The Hall–Kier alpha value is -4.58. The van der Waals surface area contributed by atoms with Crippen LogP contribution in [0.3, 0.4) is 0 Å². The zero-order valence-electron chi connectivity index (χ0n) is 22.7. The summed E-state index contributed by atoms with van der Waals surface area (Å²) in [7, 11) is 0. The molecule has 0 fully saturated rings. The monoisotopic (exact) mass is 538 g/mol. The Kier molecular flexibility index (Phi) is 10.7. The van der Waals surface area contributed by atoms with Crippen LogP contribution in [0.5, 0.6) is 11.5 Å². The minimum absolute atomic E-state index is 0.0964. The normalized spacial score (nSPS) is 11.3. The van der Waals surface area contributed by atoms with Crippen molar-refractivity contribution in [3.8, 4) is 11.5 Å². The van der Waals surface area contributed by atoms with Crippen LogP contribution in [0.4, 0.5) is 0 Å². The molecular formula is C34H34O6. The molecule has 0 amide bonds. The number of carbonyl (C=O) groups is 2. The smallest absolute Gasteiger partial charge is 0.348 e. The van der Waals surface area contributed by atoms with Gasteiger partial charge in [-0.3, -0.25) is 4.79 Å². The minimum Gasteiger partial charge on any atom is -0.485 e. The van der Waals surface area contributed by atoms with Gasteiger partial charge in [0, 0.05) is 12.8 Å². The Labute approximate surface area is 235 Å². The summed E-state index contributed by atoms with van der Waals surface area (Å²) in [6.45, 7) is 2.71. The van der Waals surface area contributed by atoms with Crippen molar-refractivity contribution in [1.29, 1.82) is 0 Å². The summed E-state index contributed by atoms with van der Waals surface area (Å²) < 4.78 is 23.4. The Morgan fingerprint density at radius 2 is 1.15 bits per heavy atom. The fourth-order valence-corrected chi connectivity index (χ4v) is 4.01. The van der Waals surface area contributed by atoms with Crippen LogP contribution in [0.15, 0.2) is 109 Å². The predicted molar refractivity (Wildman–Crippen MR) is 153 cm³/mol. The van der Waals surface area contributed by atoms with Gasteiger partial charge in [0.05, 0.1) is 0 Å². The summed E-state index contributed by atoms with van der Waals surface area (Å²) in [5.41, 5.74) is 3.65. The molecule has 0 saturated heterocycles. The SMILES string of the molecule is CCCC(=O)OC(Cc1ccc(OCc2ccccc2)c(OCc2ccccc2)c1)C(=O)OCc1ccccc1. The molecule has 4 aromatic rings. The molecular weight excluding hydrogens is 504 g/mol. The van der Waals surface area contributed by atoms with Gasteiger partial charge in [-0.05, 0) is 40.8 Å². The van der Waals surface area contributed by atoms with Gasteiger partial charge in [-0.2, -0.15) is 0 Å². The minimum atomic E-state index is -1.08. The van der Waals surface area contributed by atoms with E-state index in [0.29, 0.717) is 31.1 Å². The first-order valence-corrected chi connectivity index (χ1v) is 13.5. The third-order valence-corrected chi connectivity index (χ3v) is 6.12. The highest BCUT2D eigenvalue weighted by Crippen LogP contribution is 2.31. The molecule has 0 spiro atoms. The summed E-state index contributed by atoms with van der Waals surface area (Å²) in [6, 6.07) is 34.6. The molecule has 1 unspecified atom stereocenters. The van der Waals surface area contributed by atoms with Crippen molar-refractivity contribution in [3.05, 3.63) is 131 Å². The first kappa shape index (κ1) is 28.4. The Bertz CT molecular complexity index is 1340. The van der Waals surface area contributed by atoms with Crippen molar-refractivity contribution in [2.45, 2.75) is 52.1 Å². The van der Waals surface area contributed by atoms with E-state index in [1.807, 2.05) is 116 Å². The molecule has 40 heavy (non-hydrogen) atoms. The molecule has 0 aliphatic rings. The zero-order valence-corrected chi connectivity index (χ0v) is 22.7. The van der Waals surface area contributed by atoms with Crippen molar-refractivity contribution < 1.29 is 28.5 Å². The fraction of sp³-hybridized carbons (Fsp3) is 0.235. The molecule has 6 nitrogen and oxygen atoms in total. The molecule has 4 rings (SSSR count). The summed E-state index contributed by atoms with van der Waals surface area (Å²) in [6.07, 6.45) is -0.0970. The summed E-state index contributed by atoms with van der Waals surface area (Å²) in [5.74, 6) is 0.0836. The van der Waals surface area contributed by atoms with Crippen LogP contribution in [0.1, 0.15) is 42.0 Å². The van der Waals surface area contributed by atoms with Gasteiger partial charge in [0.2, 0.25) is 6.10 Å². The standard InChI is InChI=1S/C34H34O6/c1-2-12-33(35)40-32(34(36)39-25-28-17-10-5-11-18-28)22-29-19-20-30(37-23-26-13-6-3-7-14-26)31(21-29)38-24-27-15-8-4-9-16-27/h3-11,13-21,32H,2,12,22-25H2,1H3. The number of rotatable bonds is 14. The zero-order chi connectivity index (χ0) is 28.0. The number of ether oxygens (including phenoxy) is 4. The molecule has 0 aliphatic carbocycles. The van der Waals surface area contributed by atoms with E-state index < -0.39 is 18.0 Å².